The molecule has 0 radical (unpaired) electrons. The van der Waals surface area contributed by atoms with E-state index in [9.17, 15) is 0 Å². The van der Waals surface area contributed by atoms with Gasteiger partial charge < -0.3 is 0 Å². The fraction of sp³-hybridized carbons (Fsp3) is 1.00. The summed E-state index contributed by atoms with van der Waals surface area (Å²) in [5, 5.41) is 0. The van der Waals surface area contributed by atoms with Crippen molar-refractivity contribution in [3.63, 3.8) is 0 Å². The monoisotopic (exact) mass is 152 g/mol. The third-order valence-electron chi connectivity index (χ3n) is 4.41. The van der Waals surface area contributed by atoms with Crippen LogP contribution in [0.15, 0.2) is 0 Å². The molecule has 0 N–H and O–H groups in total. The summed E-state index contributed by atoms with van der Waals surface area (Å²) in [4.78, 5) is 0. The summed E-state index contributed by atoms with van der Waals surface area (Å²) in [6, 6.07) is 0. The van der Waals surface area contributed by atoms with Gasteiger partial charge in [-0.1, -0.05) is 27.7 Å². The lowest BCUT2D eigenvalue weighted by atomic mass is 9.83. The molecule has 2 rings (SSSR count). The molecule has 0 spiro atoms. The standard InChI is InChI=1S/C11H20/c1-5-10(4)9-7-11(9,10)6-8(2)3/h8-9H,5-7H2,1-4H3. The van der Waals surface area contributed by atoms with E-state index >= 15 is 0 Å². The lowest BCUT2D eigenvalue weighted by Crippen LogP contribution is -2.12. The quantitative estimate of drug-likeness (QED) is 0.581. The van der Waals surface area contributed by atoms with Gasteiger partial charge in [-0.2, -0.15) is 0 Å². The van der Waals surface area contributed by atoms with Crippen LogP contribution in [0.5, 0.6) is 0 Å². The van der Waals surface area contributed by atoms with Crippen molar-refractivity contribution in [2.75, 3.05) is 0 Å². The Hall–Kier alpha value is 0. The van der Waals surface area contributed by atoms with Crippen molar-refractivity contribution >= 4 is 0 Å². The van der Waals surface area contributed by atoms with Crippen molar-refractivity contribution in [3.05, 3.63) is 0 Å². The van der Waals surface area contributed by atoms with Gasteiger partial charge in [0.1, 0.15) is 0 Å². The van der Waals surface area contributed by atoms with E-state index in [1.165, 1.54) is 12.8 Å². The smallest absolute Gasteiger partial charge is 0.0201 e. The molecular formula is C11H20. The van der Waals surface area contributed by atoms with Crippen molar-refractivity contribution in [2.24, 2.45) is 22.7 Å². The van der Waals surface area contributed by atoms with E-state index in [0.29, 0.717) is 0 Å². The number of rotatable bonds is 3. The first kappa shape index (κ1) is 7.64. The first-order valence-electron chi connectivity index (χ1n) is 5.07. The van der Waals surface area contributed by atoms with Crippen molar-refractivity contribution in [3.8, 4) is 0 Å². The molecule has 3 atom stereocenters. The van der Waals surface area contributed by atoms with Crippen LogP contribution in [0.25, 0.3) is 0 Å². The Morgan fingerprint density at radius 2 is 2.09 bits per heavy atom. The lowest BCUT2D eigenvalue weighted by molar-refractivity contribution is 0.280. The van der Waals surface area contributed by atoms with Crippen LogP contribution in [0.3, 0.4) is 0 Å². The van der Waals surface area contributed by atoms with Gasteiger partial charge in [0.05, 0.1) is 0 Å². The van der Waals surface area contributed by atoms with Crippen LogP contribution in [-0.4, -0.2) is 0 Å². The van der Waals surface area contributed by atoms with E-state index in [1.807, 2.05) is 0 Å². The minimum atomic E-state index is 0.775. The average Bonchev–Trinajstić information content (AvgIpc) is 2.73. The maximum Gasteiger partial charge on any atom is -0.0201 e. The Labute approximate surface area is 70.4 Å². The van der Waals surface area contributed by atoms with Crippen LogP contribution in [0.1, 0.15) is 47.0 Å². The maximum atomic E-state index is 2.49. The molecule has 2 aliphatic rings. The van der Waals surface area contributed by atoms with Gasteiger partial charge in [-0.05, 0) is 41.9 Å². The zero-order chi connectivity index (χ0) is 8.28. The van der Waals surface area contributed by atoms with Crippen molar-refractivity contribution in [1.29, 1.82) is 0 Å². The fourth-order valence-electron chi connectivity index (χ4n) is 3.37. The second kappa shape index (κ2) is 1.84. The zero-order valence-electron chi connectivity index (χ0n) is 8.28. The number of hydrogen-bond donors (Lipinski definition) is 0. The summed E-state index contributed by atoms with van der Waals surface area (Å²) in [7, 11) is 0. The highest BCUT2D eigenvalue weighted by Crippen LogP contribution is 2.90. The van der Waals surface area contributed by atoms with Crippen LogP contribution in [0.4, 0.5) is 0 Å². The number of fused-ring (bicyclic) bond motifs is 1. The SMILES string of the molecule is CCC1(C)C2CC21CC(C)C. The average molecular weight is 152 g/mol. The molecular weight excluding hydrogens is 132 g/mol. The molecule has 11 heavy (non-hydrogen) atoms. The van der Waals surface area contributed by atoms with Gasteiger partial charge >= 0.3 is 0 Å². The van der Waals surface area contributed by atoms with Crippen molar-refractivity contribution in [2.45, 2.75) is 47.0 Å². The Bertz CT molecular complexity index is 182. The topological polar surface area (TPSA) is 0 Å². The largest absolute Gasteiger partial charge is 0.0648 e. The molecule has 0 aromatic carbocycles. The van der Waals surface area contributed by atoms with Crippen molar-refractivity contribution < 1.29 is 0 Å². The minimum absolute atomic E-state index is 0.775. The van der Waals surface area contributed by atoms with Gasteiger partial charge in [-0.25, -0.2) is 0 Å². The van der Waals surface area contributed by atoms with E-state index in [2.05, 4.69) is 27.7 Å². The zero-order valence-corrected chi connectivity index (χ0v) is 8.28. The Morgan fingerprint density at radius 1 is 1.45 bits per heavy atom. The molecule has 0 aliphatic heterocycles. The molecule has 2 aliphatic carbocycles. The van der Waals surface area contributed by atoms with Crippen LogP contribution in [-0.2, 0) is 0 Å². The van der Waals surface area contributed by atoms with E-state index in [1.54, 1.807) is 6.42 Å². The first-order chi connectivity index (χ1) is 5.07. The lowest BCUT2D eigenvalue weighted by Gasteiger charge is -2.22. The van der Waals surface area contributed by atoms with E-state index in [-0.39, 0.29) is 0 Å². The van der Waals surface area contributed by atoms with Gasteiger partial charge in [0, 0.05) is 0 Å². The molecule has 0 nitrogen and oxygen atoms in total. The van der Waals surface area contributed by atoms with Crippen LogP contribution in [0, 0.1) is 22.7 Å². The van der Waals surface area contributed by atoms with Crippen molar-refractivity contribution in [1.82, 2.24) is 0 Å². The minimum Gasteiger partial charge on any atom is -0.0648 e. The highest BCUT2D eigenvalue weighted by molar-refractivity contribution is 5.32. The molecule has 0 aromatic heterocycles. The number of hydrogen-bond acceptors (Lipinski definition) is 0. The summed E-state index contributed by atoms with van der Waals surface area (Å²) >= 11 is 0. The van der Waals surface area contributed by atoms with Gasteiger partial charge in [0.2, 0.25) is 0 Å². The molecule has 0 aromatic rings. The summed E-state index contributed by atoms with van der Waals surface area (Å²) in [5.74, 6) is 2.04. The third kappa shape index (κ3) is 0.711. The summed E-state index contributed by atoms with van der Waals surface area (Å²) in [6.45, 7) is 9.56. The van der Waals surface area contributed by atoms with E-state index in [4.69, 9.17) is 0 Å². The van der Waals surface area contributed by atoms with Gasteiger partial charge in [0.25, 0.3) is 0 Å². The molecule has 0 saturated heterocycles. The van der Waals surface area contributed by atoms with E-state index in [0.717, 1.165) is 22.7 Å². The Kier molecular flexibility index (Phi) is 1.28. The van der Waals surface area contributed by atoms with Gasteiger partial charge in [0.15, 0.2) is 0 Å². The Morgan fingerprint density at radius 3 is 2.36 bits per heavy atom. The summed E-state index contributed by atoms with van der Waals surface area (Å²) in [6.07, 6.45) is 4.45. The molecule has 3 unspecified atom stereocenters. The third-order valence-corrected chi connectivity index (χ3v) is 4.41. The van der Waals surface area contributed by atoms with Gasteiger partial charge in [-0.3, -0.25) is 0 Å². The fourth-order valence-corrected chi connectivity index (χ4v) is 3.37. The van der Waals surface area contributed by atoms with Gasteiger partial charge in [-0.15, -0.1) is 0 Å². The molecule has 2 fully saturated rings. The summed E-state index contributed by atoms with van der Waals surface area (Å²) < 4.78 is 0. The predicted molar refractivity (Wildman–Crippen MR) is 48.4 cm³/mol. The molecule has 64 valence electrons. The second-order valence-electron chi connectivity index (χ2n) is 5.28. The summed E-state index contributed by atoms with van der Waals surface area (Å²) in [5.41, 5.74) is 1.62. The Balaban J connectivity index is 1.98. The molecule has 0 heterocycles. The molecule has 2 saturated carbocycles. The van der Waals surface area contributed by atoms with Crippen LogP contribution < -0.4 is 0 Å². The molecule has 0 bridgehead atoms. The maximum absolute atomic E-state index is 2.49. The highest BCUT2D eigenvalue weighted by Gasteiger charge is 2.84. The first-order valence-corrected chi connectivity index (χ1v) is 5.07. The van der Waals surface area contributed by atoms with Crippen LogP contribution >= 0.6 is 0 Å². The predicted octanol–water partition coefficient (Wildman–Crippen LogP) is 3.47. The highest BCUT2D eigenvalue weighted by atomic mass is 14.9. The second-order valence-corrected chi connectivity index (χ2v) is 5.28. The normalized spacial score (nSPS) is 52.6. The van der Waals surface area contributed by atoms with Crippen LogP contribution in [0.2, 0.25) is 0 Å². The van der Waals surface area contributed by atoms with E-state index < -0.39 is 0 Å². The molecule has 0 amide bonds. The molecule has 0 heteroatoms.